The number of carbonyl (C=O) groups excluding carboxylic acids is 2. The van der Waals surface area contributed by atoms with Crippen LogP contribution in [0.1, 0.15) is 38.5 Å². The van der Waals surface area contributed by atoms with Crippen molar-refractivity contribution in [3.63, 3.8) is 0 Å². The van der Waals surface area contributed by atoms with Crippen molar-refractivity contribution in [3.8, 4) is 0 Å². The van der Waals surface area contributed by atoms with Gasteiger partial charge >= 0.3 is 0 Å². The highest BCUT2D eigenvalue weighted by Crippen LogP contribution is 2.22. The Bertz CT molecular complexity index is 472. The summed E-state index contributed by atoms with van der Waals surface area (Å²) in [5, 5.41) is 3.99. The lowest BCUT2D eigenvalue weighted by atomic mass is 10.1. The normalized spacial score (nSPS) is 23.2. The van der Waals surface area contributed by atoms with Crippen LogP contribution in [0, 0.1) is 0 Å². The van der Waals surface area contributed by atoms with Crippen LogP contribution in [0.5, 0.6) is 0 Å². The second-order valence-electron chi connectivity index (χ2n) is 6.87. The van der Waals surface area contributed by atoms with Gasteiger partial charge in [0, 0.05) is 25.9 Å². The number of carbonyl (C=O) groups is 2. The van der Waals surface area contributed by atoms with E-state index < -0.39 is 6.04 Å². The van der Waals surface area contributed by atoms with E-state index in [0.29, 0.717) is 19.4 Å². The maximum absolute atomic E-state index is 12.9. The Morgan fingerprint density at radius 3 is 2.58 bits per heavy atom. The first-order valence-corrected chi connectivity index (χ1v) is 8.85. The summed E-state index contributed by atoms with van der Waals surface area (Å²) >= 11 is 0. The molecule has 0 unspecified atom stereocenters. The van der Waals surface area contributed by atoms with E-state index in [0.717, 1.165) is 44.6 Å². The van der Waals surface area contributed by atoms with Gasteiger partial charge in [0.05, 0.1) is 12.3 Å². The first kappa shape index (κ1) is 18.7. The molecule has 2 aliphatic rings. The van der Waals surface area contributed by atoms with Crippen LogP contribution in [0.2, 0.25) is 0 Å². The Hall–Kier alpha value is -1.63. The lowest BCUT2D eigenvalue weighted by Crippen LogP contribution is -2.49. The van der Waals surface area contributed by atoms with E-state index in [1.807, 2.05) is 19.0 Å². The van der Waals surface area contributed by atoms with Gasteiger partial charge in [-0.1, -0.05) is 5.16 Å². The van der Waals surface area contributed by atoms with Crippen molar-refractivity contribution in [2.75, 3.05) is 47.4 Å². The maximum atomic E-state index is 12.9. The molecule has 136 valence electrons. The molecule has 2 saturated heterocycles. The van der Waals surface area contributed by atoms with E-state index in [2.05, 4.69) is 10.1 Å². The zero-order chi connectivity index (χ0) is 17.5. The highest BCUT2D eigenvalue weighted by molar-refractivity contribution is 6.00. The first-order valence-electron chi connectivity index (χ1n) is 8.85. The van der Waals surface area contributed by atoms with Crippen molar-refractivity contribution in [1.82, 2.24) is 14.7 Å². The molecule has 0 aromatic heterocycles. The number of nitrogens with zero attached hydrogens (tertiary/aromatic N) is 4. The molecule has 24 heavy (non-hydrogen) atoms. The summed E-state index contributed by atoms with van der Waals surface area (Å²) in [6.45, 7) is 2.87. The van der Waals surface area contributed by atoms with Gasteiger partial charge < -0.3 is 19.5 Å². The third kappa shape index (κ3) is 4.93. The minimum atomic E-state index is -0.413. The molecule has 0 saturated carbocycles. The summed E-state index contributed by atoms with van der Waals surface area (Å²) in [7, 11) is 5.48. The molecule has 2 amide bonds. The van der Waals surface area contributed by atoms with Gasteiger partial charge in [-0.3, -0.25) is 9.59 Å². The van der Waals surface area contributed by atoms with Crippen LogP contribution in [0.25, 0.3) is 0 Å². The molecular weight excluding hydrogens is 308 g/mol. The number of rotatable bonds is 6. The van der Waals surface area contributed by atoms with Gasteiger partial charge in [-0.25, -0.2) is 0 Å². The maximum Gasteiger partial charge on any atom is 0.245 e. The van der Waals surface area contributed by atoms with Gasteiger partial charge in [0.2, 0.25) is 11.8 Å². The van der Waals surface area contributed by atoms with E-state index in [-0.39, 0.29) is 11.8 Å². The monoisotopic (exact) mass is 338 g/mol. The minimum absolute atomic E-state index is 0.0357. The summed E-state index contributed by atoms with van der Waals surface area (Å²) in [4.78, 5) is 36.0. The number of likely N-dealkylation sites (tertiary alicyclic amines) is 2. The van der Waals surface area contributed by atoms with Crippen LogP contribution >= 0.6 is 0 Å². The zero-order valence-electron chi connectivity index (χ0n) is 15.2. The molecule has 1 atom stereocenters. The molecule has 0 spiro atoms. The summed E-state index contributed by atoms with van der Waals surface area (Å²) in [6.07, 6.45) is 5.02. The Morgan fingerprint density at radius 1 is 1.25 bits per heavy atom. The van der Waals surface area contributed by atoms with Crippen molar-refractivity contribution in [3.05, 3.63) is 0 Å². The van der Waals surface area contributed by atoms with Gasteiger partial charge in [0.1, 0.15) is 13.2 Å². The first-order chi connectivity index (χ1) is 11.5. The predicted molar refractivity (Wildman–Crippen MR) is 92.8 cm³/mol. The van der Waals surface area contributed by atoms with E-state index in [1.54, 1.807) is 4.90 Å². The fourth-order valence-corrected chi connectivity index (χ4v) is 3.40. The molecule has 2 heterocycles. The molecule has 0 radical (unpaired) electrons. The van der Waals surface area contributed by atoms with Gasteiger partial charge in [-0.15, -0.1) is 0 Å². The summed E-state index contributed by atoms with van der Waals surface area (Å²) in [5.74, 6) is 0.102. The lowest BCUT2D eigenvalue weighted by Gasteiger charge is -2.32. The Labute approximate surface area is 144 Å². The van der Waals surface area contributed by atoms with Crippen molar-refractivity contribution in [1.29, 1.82) is 0 Å². The SMILES string of the molecule is CON=C1C[C@@H](C(=O)N2CCCCC2)N(C(=O)CCCN(C)C)C1. The molecule has 2 fully saturated rings. The van der Waals surface area contributed by atoms with Gasteiger partial charge in [0.25, 0.3) is 0 Å². The molecule has 2 aliphatic heterocycles. The van der Waals surface area contributed by atoms with Gasteiger partial charge in [-0.2, -0.15) is 0 Å². The van der Waals surface area contributed by atoms with Crippen LogP contribution in [0.4, 0.5) is 0 Å². The predicted octanol–water partition coefficient (Wildman–Crippen LogP) is 0.944. The number of hydrogen-bond donors (Lipinski definition) is 0. The van der Waals surface area contributed by atoms with Crippen molar-refractivity contribution >= 4 is 17.5 Å². The standard InChI is InChI=1S/C17H30N4O3/c1-19(2)9-7-8-16(22)21-13-14(18-24-3)12-15(21)17(23)20-10-5-4-6-11-20/h15H,4-13H2,1-3H3/t15-/m0/s1. The van der Waals surface area contributed by atoms with Crippen LogP contribution in [-0.4, -0.2) is 85.7 Å². The minimum Gasteiger partial charge on any atom is -0.399 e. The third-order valence-corrected chi connectivity index (χ3v) is 4.65. The molecule has 0 aromatic carbocycles. The quantitative estimate of drug-likeness (QED) is 0.676. The van der Waals surface area contributed by atoms with E-state index in [9.17, 15) is 9.59 Å². The molecule has 0 aliphatic carbocycles. The summed E-state index contributed by atoms with van der Waals surface area (Å²) < 4.78 is 0. The van der Waals surface area contributed by atoms with E-state index in [1.165, 1.54) is 13.5 Å². The van der Waals surface area contributed by atoms with E-state index >= 15 is 0 Å². The second kappa shape index (κ2) is 9.01. The molecule has 0 N–H and O–H groups in total. The molecular formula is C17H30N4O3. The van der Waals surface area contributed by atoms with Crippen LogP contribution < -0.4 is 0 Å². The fourth-order valence-electron chi connectivity index (χ4n) is 3.40. The van der Waals surface area contributed by atoms with Gasteiger partial charge in [-0.05, 0) is 46.3 Å². The Morgan fingerprint density at radius 2 is 1.96 bits per heavy atom. The van der Waals surface area contributed by atoms with Crippen molar-refractivity contribution in [2.45, 2.75) is 44.6 Å². The average Bonchev–Trinajstić information content (AvgIpc) is 2.99. The third-order valence-electron chi connectivity index (χ3n) is 4.65. The van der Waals surface area contributed by atoms with Crippen LogP contribution in [0.3, 0.4) is 0 Å². The number of piperidine rings is 1. The molecule has 7 nitrogen and oxygen atoms in total. The number of hydrogen-bond acceptors (Lipinski definition) is 5. The Kier molecular flexibility index (Phi) is 7.02. The topological polar surface area (TPSA) is 65.5 Å². The van der Waals surface area contributed by atoms with Crippen LogP contribution in [-0.2, 0) is 14.4 Å². The van der Waals surface area contributed by atoms with E-state index in [4.69, 9.17) is 4.84 Å². The molecule has 7 heteroatoms. The van der Waals surface area contributed by atoms with Gasteiger partial charge in [0.15, 0.2) is 0 Å². The molecule has 0 bridgehead atoms. The fraction of sp³-hybridized carbons (Fsp3) is 0.824. The van der Waals surface area contributed by atoms with Crippen molar-refractivity contribution in [2.24, 2.45) is 5.16 Å². The molecule has 2 rings (SSSR count). The molecule has 0 aromatic rings. The number of oxime groups is 1. The highest BCUT2D eigenvalue weighted by atomic mass is 16.6. The highest BCUT2D eigenvalue weighted by Gasteiger charge is 2.39. The zero-order valence-corrected chi connectivity index (χ0v) is 15.2. The van der Waals surface area contributed by atoms with Crippen molar-refractivity contribution < 1.29 is 14.4 Å². The number of amides is 2. The lowest BCUT2D eigenvalue weighted by molar-refractivity contribution is -0.144. The second-order valence-corrected chi connectivity index (χ2v) is 6.87. The summed E-state index contributed by atoms with van der Waals surface area (Å²) in [6, 6.07) is -0.413. The average molecular weight is 338 g/mol. The van der Waals surface area contributed by atoms with Crippen LogP contribution in [0.15, 0.2) is 5.16 Å². The summed E-state index contributed by atoms with van der Waals surface area (Å²) in [5.41, 5.74) is 0.772. The largest absolute Gasteiger partial charge is 0.399 e. The smallest absolute Gasteiger partial charge is 0.245 e. The Balaban J connectivity index is 2.02.